The zero-order chi connectivity index (χ0) is 15.5. The summed E-state index contributed by atoms with van der Waals surface area (Å²) >= 11 is 0. The lowest BCUT2D eigenvalue weighted by Crippen LogP contribution is -2.53. The van der Waals surface area contributed by atoms with Gasteiger partial charge in [-0.25, -0.2) is 4.98 Å². The van der Waals surface area contributed by atoms with Crippen LogP contribution in [0.25, 0.3) is 0 Å². The number of anilines is 1. The Labute approximate surface area is 127 Å². The van der Waals surface area contributed by atoms with Gasteiger partial charge in [-0.3, -0.25) is 4.79 Å². The van der Waals surface area contributed by atoms with Crippen LogP contribution in [0.1, 0.15) is 75.3 Å². The quantitative estimate of drug-likeness (QED) is 0.839. The lowest BCUT2D eigenvalue weighted by Gasteiger charge is -2.42. The first kappa shape index (κ1) is 15.8. The normalized spacial score (nSPS) is 16.4. The second-order valence-corrected chi connectivity index (χ2v) is 6.29. The monoisotopic (exact) mass is 289 g/mol. The van der Waals surface area contributed by atoms with Gasteiger partial charge < -0.3 is 10.6 Å². The molecule has 21 heavy (non-hydrogen) atoms. The second-order valence-electron chi connectivity index (χ2n) is 6.29. The lowest BCUT2D eigenvalue weighted by molar-refractivity contribution is 0.0820. The van der Waals surface area contributed by atoms with E-state index in [0.29, 0.717) is 11.5 Å². The molecule has 1 aromatic rings. The molecule has 4 heteroatoms. The van der Waals surface area contributed by atoms with E-state index in [0.717, 1.165) is 37.3 Å². The largest absolute Gasteiger partial charge is 0.370 e. The maximum absolute atomic E-state index is 12.6. The lowest BCUT2D eigenvalue weighted by atomic mass is 9.74. The molecular weight excluding hydrogens is 262 g/mol. The van der Waals surface area contributed by atoms with Gasteiger partial charge in [0, 0.05) is 23.3 Å². The zero-order valence-electron chi connectivity index (χ0n) is 13.6. The predicted molar refractivity (Wildman–Crippen MR) is 86.8 cm³/mol. The van der Waals surface area contributed by atoms with Crippen molar-refractivity contribution in [1.82, 2.24) is 10.3 Å². The van der Waals surface area contributed by atoms with Crippen molar-refractivity contribution in [3.05, 3.63) is 23.4 Å². The Morgan fingerprint density at radius 3 is 2.52 bits per heavy atom. The molecule has 0 saturated heterocycles. The third kappa shape index (κ3) is 3.55. The Kier molecular flexibility index (Phi) is 4.86. The number of aromatic nitrogens is 1. The summed E-state index contributed by atoms with van der Waals surface area (Å²) in [7, 11) is 0. The average Bonchev–Trinajstić information content (AvgIpc) is 2.42. The third-order valence-corrected chi connectivity index (χ3v) is 4.42. The van der Waals surface area contributed by atoms with Gasteiger partial charge in [0.15, 0.2) is 0 Å². The number of carbonyl (C=O) groups is 1. The number of carbonyl (C=O) groups excluding carboxylic acids is 1. The van der Waals surface area contributed by atoms with Crippen molar-refractivity contribution in [3.8, 4) is 0 Å². The first-order chi connectivity index (χ1) is 9.99. The van der Waals surface area contributed by atoms with Crippen LogP contribution < -0.4 is 10.6 Å². The molecule has 0 bridgehead atoms. The molecule has 1 aromatic heterocycles. The van der Waals surface area contributed by atoms with Gasteiger partial charge in [0.2, 0.25) is 0 Å². The fourth-order valence-corrected chi connectivity index (χ4v) is 2.73. The van der Waals surface area contributed by atoms with Gasteiger partial charge in [-0.2, -0.15) is 0 Å². The summed E-state index contributed by atoms with van der Waals surface area (Å²) in [5.41, 5.74) is 1.69. The van der Waals surface area contributed by atoms with Crippen molar-refractivity contribution in [2.24, 2.45) is 0 Å². The Balaban J connectivity index is 2.22. The van der Waals surface area contributed by atoms with Crippen LogP contribution in [0.15, 0.2) is 12.1 Å². The molecule has 0 unspecified atom stereocenters. The van der Waals surface area contributed by atoms with Crippen LogP contribution in [0.4, 0.5) is 5.82 Å². The fraction of sp³-hybridized carbons (Fsp3) is 0.647. The summed E-state index contributed by atoms with van der Waals surface area (Å²) in [5.74, 6) is 1.12. The molecule has 4 nitrogen and oxygen atoms in total. The molecule has 0 atom stereocenters. The van der Waals surface area contributed by atoms with Gasteiger partial charge in [0.05, 0.1) is 0 Å². The topological polar surface area (TPSA) is 54.0 Å². The second kappa shape index (κ2) is 6.46. The summed E-state index contributed by atoms with van der Waals surface area (Å²) in [4.78, 5) is 17.1. The third-order valence-electron chi connectivity index (χ3n) is 4.42. The van der Waals surface area contributed by atoms with Gasteiger partial charge in [-0.05, 0) is 50.7 Å². The molecule has 2 rings (SSSR count). The highest BCUT2D eigenvalue weighted by Crippen LogP contribution is 2.35. The summed E-state index contributed by atoms with van der Waals surface area (Å²) in [5, 5.41) is 6.45. The van der Waals surface area contributed by atoms with E-state index < -0.39 is 0 Å². The molecule has 0 radical (unpaired) electrons. The molecule has 0 spiro atoms. The minimum atomic E-state index is 0.0245. The van der Waals surface area contributed by atoms with E-state index in [4.69, 9.17) is 0 Å². The van der Waals surface area contributed by atoms with E-state index >= 15 is 0 Å². The Morgan fingerprint density at radius 1 is 1.33 bits per heavy atom. The van der Waals surface area contributed by atoms with Crippen molar-refractivity contribution in [2.75, 3.05) is 11.9 Å². The molecule has 116 valence electrons. The predicted octanol–water partition coefficient (Wildman–Crippen LogP) is 3.70. The maximum atomic E-state index is 12.6. The van der Waals surface area contributed by atoms with Gasteiger partial charge in [0.25, 0.3) is 5.91 Å². The first-order valence-corrected chi connectivity index (χ1v) is 8.08. The molecule has 0 aliphatic heterocycles. The van der Waals surface area contributed by atoms with Crippen LogP contribution in [0.5, 0.6) is 0 Å². The molecule has 1 aliphatic rings. The average molecular weight is 289 g/mol. The fourth-order valence-electron chi connectivity index (χ4n) is 2.73. The van der Waals surface area contributed by atoms with Crippen LogP contribution in [0.2, 0.25) is 0 Å². The SMILES string of the molecule is CCNc1cc(C(=O)NC2(CC)CCC2)cc(C(C)C)n1. The molecule has 2 N–H and O–H groups in total. The first-order valence-electron chi connectivity index (χ1n) is 8.08. The van der Waals surface area contributed by atoms with Crippen LogP contribution >= 0.6 is 0 Å². The van der Waals surface area contributed by atoms with Crippen LogP contribution in [-0.2, 0) is 0 Å². The van der Waals surface area contributed by atoms with Crippen molar-refractivity contribution in [2.45, 2.75) is 64.8 Å². The van der Waals surface area contributed by atoms with Crippen molar-refractivity contribution in [1.29, 1.82) is 0 Å². The number of rotatable bonds is 6. The number of pyridine rings is 1. The highest BCUT2D eigenvalue weighted by atomic mass is 16.1. The number of hydrogen-bond donors (Lipinski definition) is 2. The van der Waals surface area contributed by atoms with E-state index in [1.165, 1.54) is 6.42 Å². The summed E-state index contributed by atoms with van der Waals surface area (Å²) in [6, 6.07) is 3.77. The van der Waals surface area contributed by atoms with E-state index in [9.17, 15) is 4.79 Å². The van der Waals surface area contributed by atoms with Crippen LogP contribution in [0, 0.1) is 0 Å². The standard InChI is InChI=1S/C17H27N3O/c1-5-17(8-7-9-17)20-16(21)13-10-14(12(3)4)19-15(11-13)18-6-2/h10-12H,5-9H2,1-4H3,(H,18,19)(H,20,21). The van der Waals surface area contributed by atoms with E-state index in [-0.39, 0.29) is 11.4 Å². The van der Waals surface area contributed by atoms with Gasteiger partial charge in [0.1, 0.15) is 5.82 Å². The maximum Gasteiger partial charge on any atom is 0.251 e. The van der Waals surface area contributed by atoms with Crippen LogP contribution in [-0.4, -0.2) is 23.0 Å². The molecule has 1 heterocycles. The van der Waals surface area contributed by atoms with E-state index in [2.05, 4.69) is 36.4 Å². The highest BCUT2D eigenvalue weighted by molar-refractivity contribution is 5.95. The van der Waals surface area contributed by atoms with Crippen molar-refractivity contribution >= 4 is 11.7 Å². The Hall–Kier alpha value is -1.58. The summed E-state index contributed by atoms with van der Waals surface area (Å²) in [6.07, 6.45) is 4.40. The molecule has 1 aliphatic carbocycles. The van der Waals surface area contributed by atoms with E-state index in [1.807, 2.05) is 19.1 Å². The number of nitrogens with one attached hydrogen (secondary N) is 2. The molecular formula is C17H27N3O. The minimum absolute atomic E-state index is 0.0245. The highest BCUT2D eigenvalue weighted by Gasteiger charge is 2.36. The molecule has 1 saturated carbocycles. The van der Waals surface area contributed by atoms with Gasteiger partial charge >= 0.3 is 0 Å². The zero-order valence-corrected chi connectivity index (χ0v) is 13.6. The molecule has 0 aromatic carbocycles. The summed E-state index contributed by atoms with van der Waals surface area (Å²) < 4.78 is 0. The smallest absolute Gasteiger partial charge is 0.251 e. The Bertz CT molecular complexity index is 501. The number of nitrogens with zero attached hydrogens (tertiary/aromatic N) is 1. The number of hydrogen-bond acceptors (Lipinski definition) is 3. The minimum Gasteiger partial charge on any atom is -0.370 e. The van der Waals surface area contributed by atoms with Gasteiger partial charge in [-0.15, -0.1) is 0 Å². The number of amides is 1. The van der Waals surface area contributed by atoms with Crippen LogP contribution in [0.3, 0.4) is 0 Å². The molecule has 1 fully saturated rings. The molecule has 1 amide bonds. The van der Waals surface area contributed by atoms with Crippen molar-refractivity contribution in [3.63, 3.8) is 0 Å². The van der Waals surface area contributed by atoms with Gasteiger partial charge in [-0.1, -0.05) is 20.8 Å². The van der Waals surface area contributed by atoms with E-state index in [1.54, 1.807) is 0 Å². The van der Waals surface area contributed by atoms with Crippen molar-refractivity contribution < 1.29 is 4.79 Å². The Morgan fingerprint density at radius 2 is 2.05 bits per heavy atom. The summed E-state index contributed by atoms with van der Waals surface area (Å²) in [6.45, 7) is 9.17.